The lowest BCUT2D eigenvalue weighted by atomic mass is 9.65. The molecule has 2 heterocycles. The first-order chi connectivity index (χ1) is 28.0. The van der Waals surface area contributed by atoms with Crippen molar-refractivity contribution in [1.82, 2.24) is 9.13 Å². The average Bonchev–Trinajstić information content (AvgIpc) is 3.76. The average molecular weight is 733 g/mol. The van der Waals surface area contributed by atoms with Gasteiger partial charge in [0.2, 0.25) is 0 Å². The lowest BCUT2D eigenvalue weighted by Gasteiger charge is -2.42. The van der Waals surface area contributed by atoms with Crippen molar-refractivity contribution in [1.29, 1.82) is 0 Å². The quantitative estimate of drug-likeness (QED) is 0.167. The number of fused-ring (bicyclic) bond motifs is 8. The van der Waals surface area contributed by atoms with Gasteiger partial charge in [0.1, 0.15) is 0 Å². The molecule has 7 aromatic carbocycles. The summed E-state index contributed by atoms with van der Waals surface area (Å²) in [6, 6.07) is 54.2. The summed E-state index contributed by atoms with van der Waals surface area (Å²) in [5.41, 5.74) is 16.4. The van der Waals surface area contributed by atoms with Gasteiger partial charge in [-0.1, -0.05) is 159 Å². The van der Waals surface area contributed by atoms with Crippen LogP contribution in [0.25, 0.3) is 82.5 Å². The van der Waals surface area contributed by atoms with Crippen molar-refractivity contribution in [3.8, 4) is 16.8 Å². The zero-order valence-electron chi connectivity index (χ0n) is 32.9. The van der Waals surface area contributed by atoms with E-state index < -0.39 is 0 Å². The zero-order chi connectivity index (χ0) is 38.4. The van der Waals surface area contributed by atoms with Crippen molar-refractivity contribution in [2.24, 2.45) is 11.3 Å². The van der Waals surface area contributed by atoms with Gasteiger partial charge in [-0.15, -0.1) is 0 Å². The summed E-state index contributed by atoms with van der Waals surface area (Å²) in [6.45, 7) is 9.45. The number of rotatable bonds is 5. The van der Waals surface area contributed by atoms with Gasteiger partial charge in [-0.25, -0.2) is 0 Å². The molecule has 2 heteroatoms. The second kappa shape index (κ2) is 12.7. The number of nitrogens with zero attached hydrogens (tertiary/aromatic N) is 2. The number of allylic oxidation sites excluding steroid dienone is 8. The van der Waals surface area contributed by atoms with Crippen molar-refractivity contribution in [3.05, 3.63) is 198 Å². The van der Waals surface area contributed by atoms with Gasteiger partial charge in [-0.2, -0.15) is 0 Å². The van der Waals surface area contributed by atoms with Gasteiger partial charge >= 0.3 is 0 Å². The fourth-order valence-corrected chi connectivity index (χ4v) is 10.4. The summed E-state index contributed by atoms with van der Waals surface area (Å²) in [7, 11) is 0. The Morgan fingerprint density at radius 3 is 1.68 bits per heavy atom. The Morgan fingerprint density at radius 1 is 0.561 bits per heavy atom. The molecule has 2 aliphatic rings. The van der Waals surface area contributed by atoms with Gasteiger partial charge in [0.05, 0.1) is 27.8 Å². The molecule has 0 fully saturated rings. The van der Waals surface area contributed by atoms with Crippen LogP contribution in [0.2, 0.25) is 0 Å². The van der Waals surface area contributed by atoms with E-state index in [0.29, 0.717) is 0 Å². The van der Waals surface area contributed by atoms with Crippen LogP contribution in [-0.4, -0.2) is 9.13 Å². The number of benzene rings is 7. The van der Waals surface area contributed by atoms with Crippen LogP contribution in [0.5, 0.6) is 0 Å². The first-order valence-corrected chi connectivity index (χ1v) is 20.4. The lowest BCUT2D eigenvalue weighted by Crippen LogP contribution is -2.32. The highest BCUT2D eigenvalue weighted by Gasteiger charge is 2.42. The molecule has 2 nitrogen and oxygen atoms in total. The molecule has 0 N–H and O–H groups in total. The maximum Gasteiger partial charge on any atom is 0.0621 e. The first kappa shape index (κ1) is 33.7. The normalized spacial score (nSPS) is 18.0. The number of aryl methyl sites for hydroxylation is 1. The van der Waals surface area contributed by atoms with E-state index in [2.05, 4.69) is 213 Å². The van der Waals surface area contributed by atoms with Crippen LogP contribution in [0.3, 0.4) is 0 Å². The monoisotopic (exact) mass is 732 g/mol. The van der Waals surface area contributed by atoms with Gasteiger partial charge in [-0.3, -0.25) is 0 Å². The van der Waals surface area contributed by atoms with Crippen LogP contribution in [0.1, 0.15) is 37.5 Å². The first-order valence-electron chi connectivity index (χ1n) is 20.4. The number of para-hydroxylation sites is 4. The highest BCUT2D eigenvalue weighted by Crippen LogP contribution is 2.55. The lowest BCUT2D eigenvalue weighted by molar-refractivity contribution is 0.455. The number of hydrogen-bond donors (Lipinski definition) is 0. The number of aromatic nitrogens is 2. The molecular weight excluding hydrogens is 689 g/mol. The van der Waals surface area contributed by atoms with E-state index in [1.165, 1.54) is 105 Å². The molecular formula is C55H44N2. The number of hydrogen-bond acceptors (Lipinski definition) is 0. The molecule has 0 spiro atoms. The Kier molecular flexibility index (Phi) is 7.50. The molecule has 274 valence electrons. The molecule has 2 aromatic heterocycles. The van der Waals surface area contributed by atoms with Crippen molar-refractivity contribution in [2.75, 3.05) is 0 Å². The minimum absolute atomic E-state index is 0.235. The molecule has 0 amide bonds. The van der Waals surface area contributed by atoms with E-state index in [1.54, 1.807) is 0 Å². The fourth-order valence-electron chi connectivity index (χ4n) is 10.4. The van der Waals surface area contributed by atoms with E-state index in [4.69, 9.17) is 0 Å². The smallest absolute Gasteiger partial charge is 0.0621 e. The molecule has 0 radical (unpaired) electrons. The van der Waals surface area contributed by atoms with E-state index in [1.807, 2.05) is 0 Å². The van der Waals surface area contributed by atoms with Gasteiger partial charge in [0, 0.05) is 55.1 Å². The van der Waals surface area contributed by atoms with E-state index in [-0.39, 0.29) is 11.3 Å². The van der Waals surface area contributed by atoms with E-state index >= 15 is 0 Å². The van der Waals surface area contributed by atoms with Crippen LogP contribution in [0.15, 0.2) is 182 Å². The van der Waals surface area contributed by atoms with Crippen molar-refractivity contribution in [2.45, 2.75) is 34.1 Å². The SMILES string of the molecule is CCc1cc2ccccc2c(-n2c3ccccc3c3ccccc32)c1-c1cccc(C2=C(n3c4ccccc4c4ccccc43)C3(C)C=CC=CC3C=C2C)c1C. The second-order valence-electron chi connectivity index (χ2n) is 16.2. The van der Waals surface area contributed by atoms with Gasteiger partial charge < -0.3 is 9.13 Å². The van der Waals surface area contributed by atoms with Gasteiger partial charge in [0.15, 0.2) is 0 Å². The standard InChI is InChI=1S/C55H44N2/c1-5-37-34-38-19-6-7-21-42(38)53(56-47-28-12-8-22-43(47)44-23-9-13-29-48(44)56)52(37)41-27-18-26-40(36(41)3)51-35(2)33-39-20-16-17-32-55(39,4)54(51)57-49-30-14-10-24-45(49)46-25-11-15-31-50(46)57/h6-34,39H,5H2,1-4H3. The van der Waals surface area contributed by atoms with Crippen LogP contribution in [0.4, 0.5) is 0 Å². The summed E-state index contributed by atoms with van der Waals surface area (Å²) in [5.74, 6) is 0.235. The van der Waals surface area contributed by atoms with Crippen molar-refractivity contribution < 1.29 is 0 Å². The Bertz CT molecular complexity index is 3160. The maximum absolute atomic E-state index is 2.59. The summed E-state index contributed by atoms with van der Waals surface area (Å²) < 4.78 is 5.14. The molecule has 9 aromatic rings. The van der Waals surface area contributed by atoms with Crippen molar-refractivity contribution >= 4 is 65.7 Å². The molecule has 11 rings (SSSR count). The Labute approximate surface area is 334 Å². The maximum atomic E-state index is 2.59. The van der Waals surface area contributed by atoms with E-state index in [9.17, 15) is 0 Å². The Balaban J connectivity index is 1.27. The van der Waals surface area contributed by atoms with Gasteiger partial charge in [-0.05, 0) is 84.7 Å². The van der Waals surface area contributed by atoms with Crippen LogP contribution < -0.4 is 0 Å². The van der Waals surface area contributed by atoms with Crippen LogP contribution in [0, 0.1) is 18.3 Å². The topological polar surface area (TPSA) is 9.86 Å². The minimum atomic E-state index is -0.276. The Morgan fingerprint density at radius 2 is 1.09 bits per heavy atom. The third kappa shape index (κ3) is 4.77. The highest BCUT2D eigenvalue weighted by molar-refractivity contribution is 6.14. The summed E-state index contributed by atoms with van der Waals surface area (Å²) in [6.07, 6.45) is 12.7. The fraction of sp³-hybridized carbons (Fsp3) is 0.127. The summed E-state index contributed by atoms with van der Waals surface area (Å²) in [5, 5.41) is 7.64. The third-order valence-corrected chi connectivity index (χ3v) is 13.1. The third-order valence-electron chi connectivity index (χ3n) is 13.1. The highest BCUT2D eigenvalue weighted by atomic mass is 15.0. The largest absolute Gasteiger partial charge is 0.311 e. The molecule has 0 saturated carbocycles. The van der Waals surface area contributed by atoms with Gasteiger partial charge in [0.25, 0.3) is 0 Å². The molecule has 2 aliphatic carbocycles. The van der Waals surface area contributed by atoms with Crippen molar-refractivity contribution in [3.63, 3.8) is 0 Å². The predicted molar refractivity (Wildman–Crippen MR) is 244 cm³/mol. The second-order valence-corrected chi connectivity index (χ2v) is 16.2. The molecule has 2 atom stereocenters. The zero-order valence-corrected chi connectivity index (χ0v) is 32.9. The van der Waals surface area contributed by atoms with Crippen LogP contribution >= 0.6 is 0 Å². The summed E-state index contributed by atoms with van der Waals surface area (Å²) in [4.78, 5) is 0. The molecule has 0 saturated heterocycles. The predicted octanol–water partition coefficient (Wildman–Crippen LogP) is 14.7. The van der Waals surface area contributed by atoms with Crippen LogP contribution in [-0.2, 0) is 6.42 Å². The molecule has 57 heavy (non-hydrogen) atoms. The summed E-state index contributed by atoms with van der Waals surface area (Å²) >= 11 is 0. The molecule has 0 bridgehead atoms. The molecule has 2 unspecified atom stereocenters. The van der Waals surface area contributed by atoms with E-state index in [0.717, 1.165) is 6.42 Å². The molecule has 0 aliphatic heterocycles. The Hall–Kier alpha value is -6.64. The minimum Gasteiger partial charge on any atom is -0.311 e.